The molecule has 0 spiro atoms. The Morgan fingerprint density at radius 2 is 2.07 bits per heavy atom. The molecule has 1 saturated heterocycles. The molecule has 1 saturated carbocycles. The van der Waals surface area contributed by atoms with Crippen LogP contribution in [0.25, 0.3) is 0 Å². The molecule has 6 nitrogen and oxygen atoms in total. The van der Waals surface area contributed by atoms with Gasteiger partial charge in [0, 0.05) is 18.8 Å². The minimum absolute atomic E-state index is 0.00550. The van der Waals surface area contributed by atoms with Crippen LogP contribution in [0.15, 0.2) is 42.5 Å². The summed E-state index contributed by atoms with van der Waals surface area (Å²) in [5.74, 6) is 0.149. The first-order valence-electron chi connectivity index (χ1n) is 10.1. The largest absolute Gasteiger partial charge is 0.491 e. The number of aliphatic carboxylic acids is 1. The van der Waals surface area contributed by atoms with Gasteiger partial charge in [0.05, 0.1) is 18.3 Å². The lowest BCUT2D eigenvalue weighted by Gasteiger charge is -2.34. The molecular weight excluding hydrogens is 360 g/mol. The number of benzene rings is 1. The number of aliphatic hydroxyl groups is 2. The predicted molar refractivity (Wildman–Crippen MR) is 104 cm³/mol. The third kappa shape index (κ3) is 5.80. The summed E-state index contributed by atoms with van der Waals surface area (Å²) in [6, 6.07) is 9.35. The number of rotatable bonds is 9. The van der Waals surface area contributed by atoms with Gasteiger partial charge in [0.15, 0.2) is 0 Å². The lowest BCUT2D eigenvalue weighted by Crippen LogP contribution is -2.33. The summed E-state index contributed by atoms with van der Waals surface area (Å²) in [5.41, 5.74) is 0. The lowest BCUT2D eigenvalue weighted by atomic mass is 9.85. The standard InChI is InChI=1S/C22H30O6/c23-15(14-27-16-5-2-1-3-6-16)9-11-18-19-12-10-17(7-4-8-22(25)26)28-21(19)13-20(18)24/h1-3,5-6,9,11,15,17-21,23-24H,4,7-8,10,12-14H2,(H,25,26)/b11-9+/t15-,17?,18-,19-,20-,21+/m1/s1. The third-order valence-electron chi connectivity index (χ3n) is 5.72. The van der Waals surface area contributed by atoms with Gasteiger partial charge >= 0.3 is 5.97 Å². The maximum atomic E-state index is 10.7. The van der Waals surface area contributed by atoms with Crippen LogP contribution < -0.4 is 4.74 Å². The van der Waals surface area contributed by atoms with Crippen LogP contribution in [-0.4, -0.2) is 52.3 Å². The summed E-state index contributed by atoms with van der Waals surface area (Å²) in [6.07, 6.45) is 6.45. The first kappa shape index (κ1) is 20.8. The molecule has 1 aromatic rings. The van der Waals surface area contributed by atoms with Crippen molar-refractivity contribution in [2.24, 2.45) is 11.8 Å². The van der Waals surface area contributed by atoms with Gasteiger partial charge in [-0.25, -0.2) is 0 Å². The van der Waals surface area contributed by atoms with Crippen molar-refractivity contribution in [3.8, 4) is 5.75 Å². The van der Waals surface area contributed by atoms with Gasteiger partial charge in [0.2, 0.25) is 0 Å². The van der Waals surface area contributed by atoms with Crippen molar-refractivity contribution < 1.29 is 29.6 Å². The minimum atomic E-state index is -0.773. The number of carbonyl (C=O) groups is 1. The van der Waals surface area contributed by atoms with Gasteiger partial charge in [-0.2, -0.15) is 0 Å². The third-order valence-corrected chi connectivity index (χ3v) is 5.72. The summed E-state index contributed by atoms with van der Waals surface area (Å²) in [7, 11) is 0. The van der Waals surface area contributed by atoms with Gasteiger partial charge in [-0.3, -0.25) is 4.79 Å². The van der Waals surface area contributed by atoms with Gasteiger partial charge in [-0.15, -0.1) is 0 Å². The molecule has 0 bridgehead atoms. The molecule has 2 fully saturated rings. The Bertz CT molecular complexity index is 646. The number of para-hydroxylation sites is 1. The fourth-order valence-corrected chi connectivity index (χ4v) is 4.31. The number of hydrogen-bond acceptors (Lipinski definition) is 5. The molecule has 28 heavy (non-hydrogen) atoms. The van der Waals surface area contributed by atoms with Gasteiger partial charge in [0.25, 0.3) is 0 Å². The predicted octanol–water partition coefficient (Wildman–Crippen LogP) is 2.78. The van der Waals surface area contributed by atoms with Crippen LogP contribution in [0.2, 0.25) is 0 Å². The smallest absolute Gasteiger partial charge is 0.303 e. The van der Waals surface area contributed by atoms with Crippen molar-refractivity contribution in [3.63, 3.8) is 0 Å². The lowest BCUT2D eigenvalue weighted by molar-refractivity contribution is -0.137. The Kier molecular flexibility index (Phi) is 7.48. The summed E-state index contributed by atoms with van der Waals surface area (Å²) in [6.45, 7) is 0.166. The molecule has 6 heteroatoms. The highest BCUT2D eigenvalue weighted by molar-refractivity contribution is 5.66. The fourth-order valence-electron chi connectivity index (χ4n) is 4.31. The van der Waals surface area contributed by atoms with Gasteiger partial charge in [-0.1, -0.05) is 30.4 Å². The van der Waals surface area contributed by atoms with Crippen LogP contribution in [0.4, 0.5) is 0 Å². The zero-order valence-corrected chi connectivity index (χ0v) is 16.0. The molecule has 3 rings (SSSR count). The number of ether oxygens (including phenoxy) is 2. The quantitative estimate of drug-likeness (QED) is 0.561. The van der Waals surface area contributed by atoms with E-state index in [9.17, 15) is 15.0 Å². The molecule has 154 valence electrons. The zero-order chi connectivity index (χ0) is 19.9. The van der Waals surface area contributed by atoms with E-state index in [1.807, 2.05) is 36.4 Å². The van der Waals surface area contributed by atoms with Crippen LogP contribution in [0, 0.1) is 11.8 Å². The second-order valence-electron chi connectivity index (χ2n) is 7.78. The average Bonchev–Trinajstić information content (AvgIpc) is 2.99. The Morgan fingerprint density at radius 1 is 1.29 bits per heavy atom. The van der Waals surface area contributed by atoms with Crippen molar-refractivity contribution >= 4 is 5.97 Å². The highest BCUT2D eigenvalue weighted by Gasteiger charge is 2.45. The topological polar surface area (TPSA) is 96.2 Å². The van der Waals surface area contributed by atoms with E-state index in [0.29, 0.717) is 18.6 Å². The van der Waals surface area contributed by atoms with Gasteiger partial charge < -0.3 is 24.8 Å². The fraction of sp³-hybridized carbons (Fsp3) is 0.591. The first-order chi connectivity index (χ1) is 13.5. The van der Waals surface area contributed by atoms with Crippen molar-refractivity contribution in [2.45, 2.75) is 62.9 Å². The van der Waals surface area contributed by atoms with E-state index in [1.54, 1.807) is 6.08 Å². The number of aliphatic hydroxyl groups excluding tert-OH is 2. The van der Waals surface area contributed by atoms with Crippen LogP contribution in [0.5, 0.6) is 5.75 Å². The number of hydrogen-bond donors (Lipinski definition) is 3. The van der Waals surface area contributed by atoms with Gasteiger partial charge in [-0.05, 0) is 43.7 Å². The second kappa shape index (κ2) is 10.0. The van der Waals surface area contributed by atoms with Crippen molar-refractivity contribution in [3.05, 3.63) is 42.5 Å². The van der Waals surface area contributed by atoms with E-state index in [0.717, 1.165) is 19.3 Å². The van der Waals surface area contributed by atoms with Crippen LogP contribution in [-0.2, 0) is 9.53 Å². The maximum absolute atomic E-state index is 10.7. The molecule has 0 radical (unpaired) electrons. The monoisotopic (exact) mass is 390 g/mol. The molecular formula is C22H30O6. The molecule has 0 aromatic heterocycles. The Balaban J connectivity index is 1.46. The van der Waals surface area contributed by atoms with E-state index in [1.165, 1.54) is 0 Å². The van der Waals surface area contributed by atoms with Gasteiger partial charge in [0.1, 0.15) is 18.5 Å². The van der Waals surface area contributed by atoms with Crippen LogP contribution >= 0.6 is 0 Å². The molecule has 3 N–H and O–H groups in total. The zero-order valence-electron chi connectivity index (χ0n) is 16.0. The minimum Gasteiger partial charge on any atom is -0.491 e. The molecule has 1 unspecified atom stereocenters. The van der Waals surface area contributed by atoms with E-state index in [2.05, 4.69) is 0 Å². The Morgan fingerprint density at radius 3 is 2.82 bits per heavy atom. The van der Waals surface area contributed by atoms with Crippen LogP contribution in [0.1, 0.15) is 38.5 Å². The molecule has 1 heterocycles. The molecule has 2 aliphatic rings. The molecule has 0 amide bonds. The summed E-state index contributed by atoms with van der Waals surface area (Å²) in [5, 5.41) is 29.4. The number of carboxylic acid groups (broad SMARTS) is 1. The highest BCUT2D eigenvalue weighted by Crippen LogP contribution is 2.43. The first-order valence-corrected chi connectivity index (χ1v) is 10.1. The van der Waals surface area contributed by atoms with Crippen LogP contribution in [0.3, 0.4) is 0 Å². The Labute approximate surface area is 165 Å². The molecule has 1 aromatic carbocycles. The summed E-state index contributed by atoms with van der Waals surface area (Å²) >= 11 is 0. The summed E-state index contributed by atoms with van der Waals surface area (Å²) in [4.78, 5) is 10.7. The number of fused-ring (bicyclic) bond motifs is 1. The normalized spacial score (nSPS) is 30.9. The van der Waals surface area contributed by atoms with E-state index >= 15 is 0 Å². The molecule has 1 aliphatic heterocycles. The SMILES string of the molecule is O=C(O)CCCC1CC[C@@H]2[C@@H](/C=C/[C@@H](O)COc3ccccc3)[C@H](O)C[C@@H]2O1. The van der Waals surface area contributed by atoms with Crippen molar-refractivity contribution in [1.29, 1.82) is 0 Å². The maximum Gasteiger partial charge on any atom is 0.303 e. The van der Waals surface area contributed by atoms with E-state index in [4.69, 9.17) is 14.6 Å². The van der Waals surface area contributed by atoms with E-state index < -0.39 is 18.2 Å². The second-order valence-corrected chi connectivity index (χ2v) is 7.78. The Hall–Kier alpha value is -1.89. The van der Waals surface area contributed by atoms with Crippen molar-refractivity contribution in [2.75, 3.05) is 6.61 Å². The summed E-state index contributed by atoms with van der Waals surface area (Å²) < 4.78 is 11.7. The highest BCUT2D eigenvalue weighted by atomic mass is 16.5. The number of carboxylic acids is 1. The van der Waals surface area contributed by atoms with Crippen molar-refractivity contribution in [1.82, 2.24) is 0 Å². The molecule has 1 aliphatic carbocycles. The molecule has 6 atom stereocenters. The average molecular weight is 390 g/mol. The van der Waals surface area contributed by atoms with E-state index in [-0.39, 0.29) is 37.1 Å².